The van der Waals surface area contributed by atoms with Gasteiger partial charge in [0.15, 0.2) is 0 Å². The molecule has 2 heteroatoms. The van der Waals surface area contributed by atoms with Gasteiger partial charge in [-0.05, 0) is 44.7 Å². The minimum absolute atomic E-state index is 0.626. The molecule has 1 aromatic carbocycles. The number of benzene rings is 1. The molecule has 1 fully saturated rings. The van der Waals surface area contributed by atoms with Crippen LogP contribution in [0.1, 0.15) is 31.7 Å². The minimum Gasteiger partial charge on any atom is -0.329 e. The molecule has 2 unspecified atom stereocenters. The lowest BCUT2D eigenvalue weighted by molar-refractivity contribution is 0.187. The van der Waals surface area contributed by atoms with Crippen molar-refractivity contribution in [1.82, 2.24) is 4.90 Å². The van der Waals surface area contributed by atoms with E-state index in [0.29, 0.717) is 12.1 Å². The van der Waals surface area contributed by atoms with Gasteiger partial charge < -0.3 is 5.73 Å². The van der Waals surface area contributed by atoms with Gasteiger partial charge in [-0.15, -0.1) is 0 Å². The van der Waals surface area contributed by atoms with E-state index in [9.17, 15) is 0 Å². The van der Waals surface area contributed by atoms with Gasteiger partial charge in [0.1, 0.15) is 0 Å². The zero-order chi connectivity index (χ0) is 12.1. The molecule has 0 bridgehead atoms. The van der Waals surface area contributed by atoms with Crippen LogP contribution in [0.15, 0.2) is 30.3 Å². The van der Waals surface area contributed by atoms with Crippen LogP contribution in [0.2, 0.25) is 0 Å². The molecule has 1 aliphatic heterocycles. The number of likely N-dealkylation sites (tertiary alicyclic amines) is 1. The monoisotopic (exact) mass is 232 g/mol. The van der Waals surface area contributed by atoms with Gasteiger partial charge in [0.25, 0.3) is 0 Å². The first kappa shape index (κ1) is 12.6. The predicted molar refractivity (Wildman–Crippen MR) is 73.0 cm³/mol. The van der Waals surface area contributed by atoms with Crippen molar-refractivity contribution in [3.8, 4) is 0 Å². The molecular weight excluding hydrogens is 208 g/mol. The van der Waals surface area contributed by atoms with Crippen LogP contribution in [0.25, 0.3) is 0 Å². The van der Waals surface area contributed by atoms with Crippen molar-refractivity contribution >= 4 is 0 Å². The molecule has 1 heterocycles. The fraction of sp³-hybridized carbons (Fsp3) is 0.600. The second-order valence-corrected chi connectivity index (χ2v) is 5.14. The van der Waals surface area contributed by atoms with Crippen molar-refractivity contribution in [2.75, 3.05) is 13.1 Å². The Morgan fingerprint density at radius 2 is 2.12 bits per heavy atom. The highest BCUT2D eigenvalue weighted by Crippen LogP contribution is 2.21. The van der Waals surface area contributed by atoms with E-state index in [1.54, 1.807) is 0 Å². The summed E-state index contributed by atoms with van der Waals surface area (Å²) < 4.78 is 0. The van der Waals surface area contributed by atoms with Crippen LogP contribution in [-0.4, -0.2) is 30.1 Å². The minimum atomic E-state index is 0.626. The summed E-state index contributed by atoms with van der Waals surface area (Å²) >= 11 is 0. The zero-order valence-electron chi connectivity index (χ0n) is 10.8. The summed E-state index contributed by atoms with van der Waals surface area (Å²) in [5.74, 6) is 0. The van der Waals surface area contributed by atoms with Crippen LogP contribution in [-0.2, 0) is 6.42 Å². The van der Waals surface area contributed by atoms with Gasteiger partial charge in [-0.2, -0.15) is 0 Å². The van der Waals surface area contributed by atoms with Gasteiger partial charge in [-0.3, -0.25) is 4.90 Å². The maximum absolute atomic E-state index is 5.83. The molecule has 2 rings (SSSR count). The average Bonchev–Trinajstić information content (AvgIpc) is 2.85. The topological polar surface area (TPSA) is 29.3 Å². The molecule has 1 saturated heterocycles. The summed E-state index contributed by atoms with van der Waals surface area (Å²) in [6, 6.07) is 12.1. The highest BCUT2D eigenvalue weighted by molar-refractivity contribution is 5.14. The third kappa shape index (κ3) is 3.30. The van der Waals surface area contributed by atoms with E-state index in [2.05, 4.69) is 42.2 Å². The Balaban J connectivity index is 1.83. The van der Waals surface area contributed by atoms with E-state index < -0.39 is 0 Å². The maximum Gasteiger partial charge on any atom is 0.0221 e. The molecule has 1 aromatic rings. The van der Waals surface area contributed by atoms with E-state index in [4.69, 9.17) is 5.73 Å². The molecule has 2 atom stereocenters. The van der Waals surface area contributed by atoms with Gasteiger partial charge in [-0.25, -0.2) is 0 Å². The largest absolute Gasteiger partial charge is 0.329 e. The highest BCUT2D eigenvalue weighted by Gasteiger charge is 2.26. The summed E-state index contributed by atoms with van der Waals surface area (Å²) in [5.41, 5.74) is 7.27. The summed E-state index contributed by atoms with van der Waals surface area (Å²) in [5, 5.41) is 0. The van der Waals surface area contributed by atoms with Crippen LogP contribution >= 0.6 is 0 Å². The first-order chi connectivity index (χ1) is 8.31. The standard InChI is InChI=1S/C15H24N2/c1-13(17-11-5-8-15(17)12-16)9-10-14-6-3-2-4-7-14/h2-4,6-7,13,15H,5,8-12,16H2,1H3. The molecule has 2 nitrogen and oxygen atoms in total. The molecule has 0 saturated carbocycles. The third-order valence-corrected chi connectivity index (χ3v) is 3.95. The van der Waals surface area contributed by atoms with E-state index in [-0.39, 0.29) is 0 Å². The van der Waals surface area contributed by atoms with Crippen molar-refractivity contribution < 1.29 is 0 Å². The van der Waals surface area contributed by atoms with Crippen LogP contribution in [0.5, 0.6) is 0 Å². The average molecular weight is 232 g/mol. The van der Waals surface area contributed by atoms with Crippen molar-refractivity contribution in [1.29, 1.82) is 0 Å². The quantitative estimate of drug-likeness (QED) is 0.845. The van der Waals surface area contributed by atoms with Gasteiger partial charge in [0.05, 0.1) is 0 Å². The lowest BCUT2D eigenvalue weighted by Crippen LogP contribution is -2.41. The fourth-order valence-corrected chi connectivity index (χ4v) is 2.88. The molecule has 0 spiro atoms. The lowest BCUT2D eigenvalue weighted by atomic mass is 10.0. The number of nitrogens with zero attached hydrogens (tertiary/aromatic N) is 1. The second-order valence-electron chi connectivity index (χ2n) is 5.14. The number of rotatable bonds is 5. The maximum atomic E-state index is 5.83. The van der Waals surface area contributed by atoms with E-state index in [1.165, 1.54) is 37.8 Å². The van der Waals surface area contributed by atoms with Gasteiger partial charge in [0.2, 0.25) is 0 Å². The van der Waals surface area contributed by atoms with Crippen molar-refractivity contribution in [2.45, 2.75) is 44.7 Å². The Labute approximate surface area is 105 Å². The second kappa shape index (κ2) is 6.18. The van der Waals surface area contributed by atoms with Crippen LogP contribution in [0, 0.1) is 0 Å². The molecule has 1 aliphatic rings. The number of hydrogen-bond acceptors (Lipinski definition) is 2. The Kier molecular flexibility index (Phi) is 4.57. The zero-order valence-corrected chi connectivity index (χ0v) is 10.8. The molecule has 0 amide bonds. The molecule has 2 N–H and O–H groups in total. The summed E-state index contributed by atoms with van der Waals surface area (Å²) in [4.78, 5) is 2.60. The summed E-state index contributed by atoms with van der Waals surface area (Å²) in [7, 11) is 0. The van der Waals surface area contributed by atoms with Crippen molar-refractivity contribution in [2.24, 2.45) is 5.73 Å². The molecule has 0 radical (unpaired) electrons. The Hall–Kier alpha value is -0.860. The summed E-state index contributed by atoms with van der Waals surface area (Å²) in [6.45, 7) is 4.39. The van der Waals surface area contributed by atoms with E-state index >= 15 is 0 Å². The van der Waals surface area contributed by atoms with Gasteiger partial charge >= 0.3 is 0 Å². The van der Waals surface area contributed by atoms with E-state index in [0.717, 1.165) is 6.54 Å². The smallest absolute Gasteiger partial charge is 0.0221 e. The normalized spacial score (nSPS) is 22.8. The number of aryl methyl sites for hydroxylation is 1. The van der Waals surface area contributed by atoms with Gasteiger partial charge in [0, 0.05) is 18.6 Å². The molecule has 0 aromatic heterocycles. The molecule has 17 heavy (non-hydrogen) atoms. The fourth-order valence-electron chi connectivity index (χ4n) is 2.88. The van der Waals surface area contributed by atoms with Crippen LogP contribution in [0.4, 0.5) is 0 Å². The Morgan fingerprint density at radius 3 is 2.82 bits per heavy atom. The number of hydrogen-bond donors (Lipinski definition) is 1. The van der Waals surface area contributed by atoms with Gasteiger partial charge in [-0.1, -0.05) is 30.3 Å². The van der Waals surface area contributed by atoms with Crippen molar-refractivity contribution in [3.63, 3.8) is 0 Å². The van der Waals surface area contributed by atoms with Crippen molar-refractivity contribution in [3.05, 3.63) is 35.9 Å². The Morgan fingerprint density at radius 1 is 1.35 bits per heavy atom. The molecule has 0 aliphatic carbocycles. The van der Waals surface area contributed by atoms with E-state index in [1.807, 2.05) is 0 Å². The van der Waals surface area contributed by atoms with Crippen LogP contribution < -0.4 is 5.73 Å². The first-order valence-corrected chi connectivity index (χ1v) is 6.81. The molecule has 94 valence electrons. The van der Waals surface area contributed by atoms with Crippen LogP contribution in [0.3, 0.4) is 0 Å². The Bertz CT molecular complexity index is 323. The SMILES string of the molecule is CC(CCc1ccccc1)N1CCCC1CN. The predicted octanol–water partition coefficient (Wildman–Crippen LogP) is 2.43. The first-order valence-electron chi connectivity index (χ1n) is 6.81. The summed E-state index contributed by atoms with van der Waals surface area (Å²) in [6.07, 6.45) is 5.01. The molecular formula is C15H24N2. The lowest BCUT2D eigenvalue weighted by Gasteiger charge is -2.30. The number of nitrogens with two attached hydrogens (primary N) is 1. The third-order valence-electron chi connectivity index (χ3n) is 3.95. The highest BCUT2D eigenvalue weighted by atomic mass is 15.2.